The predicted octanol–water partition coefficient (Wildman–Crippen LogP) is 6.20. The number of carbonyl (C=O) groups excluding carboxylic acids is 2. The van der Waals surface area contributed by atoms with E-state index in [1.165, 1.54) is 4.90 Å². The molecule has 11 nitrogen and oxygen atoms in total. The number of rotatable bonds is 11. The number of cyclic esters (lactones) is 1. The number of amides is 2. The van der Waals surface area contributed by atoms with Crippen LogP contribution in [-0.4, -0.2) is 64.5 Å². The van der Waals surface area contributed by atoms with Crippen molar-refractivity contribution in [2.45, 2.75) is 38.6 Å². The lowest BCUT2D eigenvalue weighted by Gasteiger charge is -2.28. The molecule has 3 aromatic rings. The van der Waals surface area contributed by atoms with Gasteiger partial charge in [-0.2, -0.15) is 0 Å². The van der Waals surface area contributed by atoms with Gasteiger partial charge in [-0.1, -0.05) is 19.0 Å². The minimum Gasteiger partial charge on any atom is -0.493 e. The molecule has 0 aliphatic carbocycles. The first-order valence-electron chi connectivity index (χ1n) is 13.0. The van der Waals surface area contributed by atoms with Gasteiger partial charge in [0.15, 0.2) is 23.0 Å². The Bertz CT molecular complexity index is 1480. The van der Waals surface area contributed by atoms with Crippen LogP contribution in [0.15, 0.2) is 35.4 Å². The molecule has 2 amide bonds. The van der Waals surface area contributed by atoms with Gasteiger partial charge in [-0.3, -0.25) is 4.79 Å². The normalized spacial score (nSPS) is 15.6. The second-order valence-corrected chi connectivity index (χ2v) is 9.89. The van der Waals surface area contributed by atoms with Crippen molar-refractivity contribution in [3.8, 4) is 23.0 Å². The summed E-state index contributed by atoms with van der Waals surface area (Å²) in [5, 5.41) is 6.89. The average molecular weight is 551 g/mol. The molecule has 0 saturated carbocycles. The lowest BCUT2D eigenvalue weighted by atomic mass is 9.85. The van der Waals surface area contributed by atoms with E-state index in [1.807, 2.05) is 44.2 Å². The maximum Gasteiger partial charge on any atom is 0.417 e. The lowest BCUT2D eigenvalue weighted by molar-refractivity contribution is -0.131. The molecule has 0 N–H and O–H groups in total. The summed E-state index contributed by atoms with van der Waals surface area (Å²) in [6, 6.07) is 9.01. The van der Waals surface area contributed by atoms with Crippen LogP contribution in [0.1, 0.15) is 38.2 Å². The summed E-state index contributed by atoms with van der Waals surface area (Å²) in [5.41, 5.74) is 9.49. The third-order valence-corrected chi connectivity index (χ3v) is 7.39. The minimum atomic E-state index is -0.737. The molecule has 1 fully saturated rings. The van der Waals surface area contributed by atoms with Gasteiger partial charge in [0.05, 0.1) is 40.4 Å². The van der Waals surface area contributed by atoms with E-state index >= 15 is 0 Å². The summed E-state index contributed by atoms with van der Waals surface area (Å²) in [5.74, 6) is 1.02. The van der Waals surface area contributed by atoms with Gasteiger partial charge in [-0.15, -0.1) is 0 Å². The molecule has 0 bridgehead atoms. The van der Waals surface area contributed by atoms with Gasteiger partial charge >= 0.3 is 6.09 Å². The standard InChI is InChI=1S/C29H34N4O7/c1-16(2)23-15-40-29(35)33(23)28(34)18(8-7-9-31-32-30)20-10-17-11-24(36-3)25(37-4)12-19(17)21-13-26(38-5)27(39-6)14-22(20)21/h10-14,16,18,23H,7-9,15H2,1-6H3. The zero-order valence-electron chi connectivity index (χ0n) is 23.6. The van der Waals surface area contributed by atoms with E-state index < -0.39 is 12.0 Å². The van der Waals surface area contributed by atoms with Crippen molar-refractivity contribution in [2.75, 3.05) is 41.6 Å². The summed E-state index contributed by atoms with van der Waals surface area (Å²) in [4.78, 5) is 31.1. The number of imide groups is 1. The number of hydrogen-bond acceptors (Lipinski definition) is 8. The molecule has 0 radical (unpaired) electrons. The van der Waals surface area contributed by atoms with Crippen molar-refractivity contribution in [1.29, 1.82) is 0 Å². The molecular formula is C29H34N4O7. The van der Waals surface area contributed by atoms with E-state index in [1.54, 1.807) is 28.4 Å². The number of benzene rings is 3. The molecule has 2 atom stereocenters. The Kier molecular flexibility index (Phi) is 8.74. The van der Waals surface area contributed by atoms with Crippen LogP contribution in [0.3, 0.4) is 0 Å². The monoisotopic (exact) mass is 550 g/mol. The molecule has 1 aliphatic rings. The van der Waals surface area contributed by atoms with Crippen LogP contribution >= 0.6 is 0 Å². The van der Waals surface area contributed by atoms with Crippen LogP contribution in [0.5, 0.6) is 23.0 Å². The molecule has 0 aromatic heterocycles. The topological polar surface area (TPSA) is 132 Å². The van der Waals surface area contributed by atoms with Gasteiger partial charge in [0.2, 0.25) is 5.91 Å². The minimum absolute atomic E-state index is 0.00803. The van der Waals surface area contributed by atoms with Crippen LogP contribution in [0.4, 0.5) is 4.79 Å². The number of nitrogens with zero attached hydrogens (tertiary/aromatic N) is 4. The first-order valence-corrected chi connectivity index (χ1v) is 13.0. The smallest absolute Gasteiger partial charge is 0.417 e. The highest BCUT2D eigenvalue weighted by molar-refractivity contribution is 6.12. The summed E-state index contributed by atoms with van der Waals surface area (Å²) >= 11 is 0. The van der Waals surface area contributed by atoms with Crippen LogP contribution in [-0.2, 0) is 9.53 Å². The van der Waals surface area contributed by atoms with Crippen molar-refractivity contribution >= 4 is 33.5 Å². The number of azide groups is 1. The fourth-order valence-corrected chi connectivity index (χ4v) is 5.29. The first-order chi connectivity index (χ1) is 19.3. The molecule has 40 heavy (non-hydrogen) atoms. The second-order valence-electron chi connectivity index (χ2n) is 9.89. The molecule has 1 aliphatic heterocycles. The fourth-order valence-electron chi connectivity index (χ4n) is 5.29. The van der Waals surface area contributed by atoms with Crippen molar-refractivity contribution in [3.63, 3.8) is 0 Å². The SMILES string of the molecule is COc1cc2cc(C(CCCN=[N+]=[N-])C(=O)N3C(=O)OCC3C(C)C)c3cc(OC)c(OC)cc3c2cc1OC. The Morgan fingerprint density at radius 1 is 0.975 bits per heavy atom. The van der Waals surface area contributed by atoms with Gasteiger partial charge < -0.3 is 23.7 Å². The van der Waals surface area contributed by atoms with Gasteiger partial charge in [-0.05, 0) is 81.7 Å². The molecule has 1 heterocycles. The third-order valence-electron chi connectivity index (χ3n) is 7.39. The molecule has 1 saturated heterocycles. The molecule has 0 spiro atoms. The van der Waals surface area contributed by atoms with Crippen LogP contribution < -0.4 is 18.9 Å². The fraction of sp³-hybridized carbons (Fsp3) is 0.448. The number of carbonyl (C=O) groups is 2. The van der Waals surface area contributed by atoms with Gasteiger partial charge in [-0.25, -0.2) is 9.69 Å². The highest BCUT2D eigenvalue weighted by atomic mass is 16.6. The maximum atomic E-state index is 14.2. The van der Waals surface area contributed by atoms with E-state index in [0.717, 1.165) is 21.5 Å². The molecule has 212 valence electrons. The maximum absolute atomic E-state index is 14.2. The Hall–Kier alpha value is -4.37. The number of methoxy groups -OCH3 is 4. The Labute approximate surface area is 232 Å². The van der Waals surface area contributed by atoms with Gasteiger partial charge in [0.25, 0.3) is 0 Å². The van der Waals surface area contributed by atoms with E-state index in [4.69, 9.17) is 29.2 Å². The second kappa shape index (κ2) is 12.2. The van der Waals surface area contributed by atoms with Crippen molar-refractivity contribution in [3.05, 3.63) is 46.3 Å². The Morgan fingerprint density at radius 3 is 2.12 bits per heavy atom. The summed E-state index contributed by atoms with van der Waals surface area (Å²) in [7, 11) is 6.25. The van der Waals surface area contributed by atoms with Gasteiger partial charge in [0, 0.05) is 11.5 Å². The van der Waals surface area contributed by atoms with Crippen LogP contribution in [0.2, 0.25) is 0 Å². The number of ether oxygens (including phenoxy) is 5. The Balaban J connectivity index is 2.01. The molecule has 3 aromatic carbocycles. The van der Waals surface area contributed by atoms with Crippen molar-refractivity contribution in [2.24, 2.45) is 11.0 Å². The number of hydrogen-bond donors (Lipinski definition) is 0. The first kappa shape index (κ1) is 28.6. The highest BCUT2D eigenvalue weighted by Crippen LogP contribution is 2.44. The summed E-state index contributed by atoms with van der Waals surface area (Å²) < 4.78 is 27.7. The van der Waals surface area contributed by atoms with E-state index in [9.17, 15) is 9.59 Å². The molecule has 11 heteroatoms. The molecule has 2 unspecified atom stereocenters. The van der Waals surface area contributed by atoms with Crippen molar-refractivity contribution in [1.82, 2.24) is 4.90 Å². The molecule has 4 rings (SSSR count). The van der Waals surface area contributed by atoms with Crippen LogP contribution in [0, 0.1) is 5.92 Å². The van der Waals surface area contributed by atoms with Crippen LogP contribution in [0.25, 0.3) is 32.0 Å². The quantitative estimate of drug-likeness (QED) is 0.0912. The number of fused-ring (bicyclic) bond motifs is 3. The van der Waals surface area contributed by atoms with E-state index in [0.29, 0.717) is 41.4 Å². The molecular weight excluding hydrogens is 516 g/mol. The van der Waals surface area contributed by atoms with E-state index in [2.05, 4.69) is 10.0 Å². The van der Waals surface area contributed by atoms with E-state index in [-0.39, 0.29) is 31.0 Å². The summed E-state index contributed by atoms with van der Waals surface area (Å²) in [6.07, 6.45) is 0.128. The highest BCUT2D eigenvalue weighted by Gasteiger charge is 2.42. The predicted molar refractivity (Wildman–Crippen MR) is 150 cm³/mol. The zero-order chi connectivity index (χ0) is 29.0. The summed E-state index contributed by atoms with van der Waals surface area (Å²) in [6.45, 7) is 4.26. The lowest BCUT2D eigenvalue weighted by Crippen LogP contribution is -2.44. The third kappa shape index (κ3) is 5.24. The largest absolute Gasteiger partial charge is 0.493 e. The Morgan fingerprint density at radius 2 is 1.55 bits per heavy atom. The van der Waals surface area contributed by atoms with Crippen molar-refractivity contribution < 1.29 is 33.3 Å². The zero-order valence-corrected chi connectivity index (χ0v) is 23.6. The van der Waals surface area contributed by atoms with Gasteiger partial charge in [0.1, 0.15) is 6.61 Å². The average Bonchev–Trinajstić information content (AvgIpc) is 3.36.